The second-order valence-corrected chi connectivity index (χ2v) is 11.4. The lowest BCUT2D eigenvalue weighted by atomic mass is 10.1. The van der Waals surface area contributed by atoms with Gasteiger partial charge in [-0.05, 0) is 48.4 Å². The molecule has 0 aliphatic carbocycles. The molecule has 12 heteroatoms. The molecule has 0 radical (unpaired) electrons. The number of halogens is 2. The van der Waals surface area contributed by atoms with Crippen molar-refractivity contribution in [1.82, 2.24) is 0 Å². The number of rotatable bonds is 13. The fraction of sp³-hybridized carbons (Fsp3) is 0.194. The Hall–Kier alpha value is -4.84. The van der Waals surface area contributed by atoms with Crippen molar-refractivity contribution in [1.29, 1.82) is 0 Å². The van der Waals surface area contributed by atoms with Crippen LogP contribution in [0.5, 0.6) is 23.0 Å². The number of carboxylic acid groups (broad SMARTS) is 1. The van der Waals surface area contributed by atoms with Gasteiger partial charge in [0.05, 0.1) is 19.1 Å². The van der Waals surface area contributed by atoms with Gasteiger partial charge in [0.15, 0.2) is 6.61 Å². The third kappa shape index (κ3) is 8.82. The lowest BCUT2D eigenvalue weighted by Gasteiger charge is -2.28. The Labute approximate surface area is 248 Å². The molecule has 4 rings (SSSR count). The maximum atomic E-state index is 14.7. The van der Waals surface area contributed by atoms with E-state index < -0.39 is 34.2 Å². The van der Waals surface area contributed by atoms with Gasteiger partial charge in [0, 0.05) is 48.6 Å². The fourth-order valence-corrected chi connectivity index (χ4v) is 4.95. The lowest BCUT2D eigenvalue weighted by molar-refractivity contribution is -0.139. The highest BCUT2D eigenvalue weighted by Gasteiger charge is 2.17. The molecule has 0 spiro atoms. The number of hydrogen-bond acceptors (Lipinski definition) is 7. The van der Waals surface area contributed by atoms with E-state index in [4.69, 9.17) is 19.3 Å². The van der Waals surface area contributed by atoms with Gasteiger partial charge in [-0.25, -0.2) is 22.0 Å². The molecule has 9 nitrogen and oxygen atoms in total. The van der Waals surface area contributed by atoms with Crippen molar-refractivity contribution >= 4 is 27.4 Å². The summed E-state index contributed by atoms with van der Waals surface area (Å²) in [6.45, 7) is 1.62. The highest BCUT2D eigenvalue weighted by Crippen LogP contribution is 2.33. The van der Waals surface area contributed by atoms with Gasteiger partial charge in [0.2, 0.25) is 10.0 Å². The van der Waals surface area contributed by atoms with Crippen LogP contribution < -0.4 is 23.8 Å². The number of nitrogens with zero attached hydrogens (tertiary/aromatic N) is 1. The van der Waals surface area contributed by atoms with E-state index in [2.05, 4.69) is 4.72 Å². The van der Waals surface area contributed by atoms with E-state index >= 15 is 0 Å². The molecule has 0 aliphatic heterocycles. The summed E-state index contributed by atoms with van der Waals surface area (Å²) in [5.41, 5.74) is 2.77. The normalized spacial score (nSPS) is 11.1. The first-order valence-corrected chi connectivity index (χ1v) is 14.9. The van der Waals surface area contributed by atoms with Crippen LogP contribution >= 0.6 is 0 Å². The maximum absolute atomic E-state index is 14.7. The van der Waals surface area contributed by atoms with Crippen LogP contribution in [0, 0.1) is 18.6 Å². The van der Waals surface area contributed by atoms with E-state index in [0.29, 0.717) is 40.7 Å². The third-order valence-electron chi connectivity index (χ3n) is 6.30. The molecule has 0 fully saturated rings. The van der Waals surface area contributed by atoms with Gasteiger partial charge in [0.1, 0.15) is 34.6 Å². The molecule has 0 aromatic heterocycles. The van der Waals surface area contributed by atoms with Gasteiger partial charge in [-0.2, -0.15) is 0 Å². The number of anilines is 2. The Kier molecular flexibility index (Phi) is 9.71. The van der Waals surface area contributed by atoms with Crippen LogP contribution in [0.15, 0.2) is 78.9 Å². The molecule has 0 bridgehead atoms. The minimum Gasteiger partial charge on any atom is -0.496 e. The maximum Gasteiger partial charge on any atom is 0.341 e. The highest BCUT2D eigenvalue weighted by molar-refractivity contribution is 7.92. The third-order valence-corrected chi connectivity index (χ3v) is 6.89. The first-order valence-electron chi connectivity index (χ1n) is 13.0. The Morgan fingerprint density at radius 3 is 2.26 bits per heavy atom. The topological polar surface area (TPSA) is 114 Å². The van der Waals surface area contributed by atoms with E-state index in [1.807, 2.05) is 17.0 Å². The molecule has 0 saturated carbocycles. The van der Waals surface area contributed by atoms with Gasteiger partial charge in [0.25, 0.3) is 0 Å². The van der Waals surface area contributed by atoms with Crippen molar-refractivity contribution < 1.29 is 41.3 Å². The van der Waals surface area contributed by atoms with Crippen LogP contribution in [0.4, 0.5) is 20.2 Å². The minimum atomic E-state index is -3.54. The zero-order valence-electron chi connectivity index (χ0n) is 23.6. The number of carbonyl (C=O) groups is 1. The number of ether oxygens (including phenoxy) is 3. The molecule has 0 aliphatic rings. The molecule has 4 aromatic rings. The Balaban J connectivity index is 1.60. The Bertz CT molecular complexity index is 1710. The minimum absolute atomic E-state index is 0.0798. The molecule has 0 amide bonds. The Morgan fingerprint density at radius 2 is 1.60 bits per heavy atom. The summed E-state index contributed by atoms with van der Waals surface area (Å²) in [6.07, 6.45) is 1.06. The van der Waals surface area contributed by atoms with E-state index in [-0.39, 0.29) is 17.9 Å². The number of hydrogen-bond donors (Lipinski definition) is 2. The van der Waals surface area contributed by atoms with Crippen molar-refractivity contribution in [3.8, 4) is 23.0 Å². The number of methoxy groups -OCH3 is 1. The second-order valence-electron chi connectivity index (χ2n) is 9.69. The SMILES string of the molecule is COc1cc(OCC(=O)O)cc(Oc2ccc(CN(Cc3ccc(F)cc3F)c3cccc(NS(C)(=O)=O)c3C)cc2)c1. The van der Waals surface area contributed by atoms with Gasteiger partial charge in [-0.1, -0.05) is 24.3 Å². The standard InChI is InChI=1S/C31H30F2N2O7S/c1-20-29(34-43(3,38)39)5-4-6-30(20)35(18-22-9-10-23(32)13-28(22)33)17-21-7-11-24(12-8-21)42-27-15-25(40-2)14-26(16-27)41-19-31(36)37/h4-16,34H,17-19H2,1-3H3,(H,36,37). The number of sulfonamides is 1. The quantitative estimate of drug-likeness (QED) is 0.186. The molecule has 0 atom stereocenters. The zero-order valence-corrected chi connectivity index (χ0v) is 24.5. The van der Waals surface area contributed by atoms with Crippen LogP contribution in [-0.2, 0) is 27.9 Å². The summed E-state index contributed by atoms with van der Waals surface area (Å²) < 4.78 is 71.0. The summed E-state index contributed by atoms with van der Waals surface area (Å²) in [7, 11) is -2.08. The number of carboxylic acids is 1. The summed E-state index contributed by atoms with van der Waals surface area (Å²) in [5, 5.41) is 8.90. The number of nitrogens with one attached hydrogen (secondary N) is 1. The molecular formula is C31H30F2N2O7S. The van der Waals surface area contributed by atoms with Crippen LogP contribution in [0.3, 0.4) is 0 Å². The smallest absolute Gasteiger partial charge is 0.341 e. The average molecular weight is 613 g/mol. The van der Waals surface area contributed by atoms with Gasteiger partial charge >= 0.3 is 5.97 Å². The van der Waals surface area contributed by atoms with E-state index in [1.165, 1.54) is 19.2 Å². The van der Waals surface area contributed by atoms with Crippen molar-refractivity contribution in [2.45, 2.75) is 20.0 Å². The van der Waals surface area contributed by atoms with E-state index in [1.54, 1.807) is 55.5 Å². The second kappa shape index (κ2) is 13.4. The van der Waals surface area contributed by atoms with Crippen LogP contribution in [0.2, 0.25) is 0 Å². The van der Waals surface area contributed by atoms with Crippen LogP contribution in [0.25, 0.3) is 0 Å². The van der Waals surface area contributed by atoms with Crippen molar-refractivity contribution in [3.05, 3.63) is 107 Å². The monoisotopic (exact) mass is 612 g/mol. The lowest BCUT2D eigenvalue weighted by Crippen LogP contribution is -2.24. The average Bonchev–Trinajstić information content (AvgIpc) is 2.94. The fourth-order valence-electron chi connectivity index (χ4n) is 4.33. The molecule has 0 saturated heterocycles. The largest absolute Gasteiger partial charge is 0.496 e. The van der Waals surface area contributed by atoms with Crippen LogP contribution in [0.1, 0.15) is 16.7 Å². The van der Waals surface area contributed by atoms with Gasteiger partial charge < -0.3 is 24.2 Å². The first kappa shape index (κ1) is 31.1. The van der Waals surface area contributed by atoms with Crippen molar-refractivity contribution in [3.63, 3.8) is 0 Å². The van der Waals surface area contributed by atoms with Crippen molar-refractivity contribution in [2.75, 3.05) is 29.6 Å². The number of benzene rings is 4. The van der Waals surface area contributed by atoms with E-state index in [9.17, 15) is 22.0 Å². The highest BCUT2D eigenvalue weighted by atomic mass is 32.2. The van der Waals surface area contributed by atoms with E-state index in [0.717, 1.165) is 17.9 Å². The van der Waals surface area contributed by atoms with Crippen molar-refractivity contribution in [2.24, 2.45) is 0 Å². The number of aliphatic carboxylic acids is 1. The summed E-state index contributed by atoms with van der Waals surface area (Å²) >= 11 is 0. The molecule has 43 heavy (non-hydrogen) atoms. The molecule has 2 N–H and O–H groups in total. The molecule has 4 aromatic carbocycles. The molecular weight excluding hydrogens is 582 g/mol. The first-order chi connectivity index (χ1) is 20.4. The predicted octanol–water partition coefficient (Wildman–Crippen LogP) is 6.12. The van der Waals surface area contributed by atoms with Gasteiger partial charge in [-0.3, -0.25) is 4.72 Å². The van der Waals surface area contributed by atoms with Crippen LogP contribution in [-0.4, -0.2) is 39.5 Å². The Morgan fingerprint density at radius 1 is 0.907 bits per heavy atom. The summed E-state index contributed by atoms with van der Waals surface area (Å²) in [4.78, 5) is 12.7. The summed E-state index contributed by atoms with van der Waals surface area (Å²) in [5.74, 6) is -0.969. The summed E-state index contributed by atoms with van der Waals surface area (Å²) in [6, 6.07) is 20.3. The van der Waals surface area contributed by atoms with Gasteiger partial charge in [-0.15, -0.1) is 0 Å². The predicted molar refractivity (Wildman–Crippen MR) is 159 cm³/mol. The molecule has 0 heterocycles. The molecule has 0 unspecified atom stereocenters. The molecule has 226 valence electrons. The zero-order chi connectivity index (χ0) is 31.1.